The summed E-state index contributed by atoms with van der Waals surface area (Å²) in [7, 11) is 5.35. The third-order valence-electron chi connectivity index (χ3n) is 3.28. The van der Waals surface area contributed by atoms with Crippen LogP contribution in [0.25, 0.3) is 0 Å². The van der Waals surface area contributed by atoms with Crippen LogP contribution in [0.1, 0.15) is 30.9 Å². The second kappa shape index (κ2) is 9.34. The second-order valence-corrected chi connectivity index (χ2v) is 5.03. The van der Waals surface area contributed by atoms with Crippen LogP contribution in [-0.4, -0.2) is 38.6 Å². The summed E-state index contributed by atoms with van der Waals surface area (Å²) < 4.78 is 18.6. The van der Waals surface area contributed by atoms with Crippen molar-refractivity contribution < 1.29 is 9.13 Å². The van der Waals surface area contributed by atoms with Crippen molar-refractivity contribution in [2.24, 2.45) is 4.99 Å². The summed E-state index contributed by atoms with van der Waals surface area (Å²) in [6.07, 6.45) is 2.28. The summed E-state index contributed by atoms with van der Waals surface area (Å²) in [4.78, 5) is 6.37. The Morgan fingerprint density at radius 3 is 2.81 bits per heavy atom. The van der Waals surface area contributed by atoms with E-state index < -0.39 is 0 Å². The van der Waals surface area contributed by atoms with E-state index in [1.165, 1.54) is 6.07 Å². The monoisotopic (exact) mass is 295 g/mol. The molecule has 5 heteroatoms. The van der Waals surface area contributed by atoms with Crippen LogP contribution in [0.5, 0.6) is 0 Å². The van der Waals surface area contributed by atoms with Gasteiger partial charge in [-0.1, -0.05) is 19.4 Å². The highest BCUT2D eigenvalue weighted by Crippen LogP contribution is 2.11. The highest BCUT2D eigenvalue weighted by Gasteiger charge is 2.07. The maximum Gasteiger partial charge on any atom is 0.193 e. The first-order valence-corrected chi connectivity index (χ1v) is 7.30. The van der Waals surface area contributed by atoms with Crippen LogP contribution in [0.15, 0.2) is 23.2 Å². The van der Waals surface area contributed by atoms with E-state index >= 15 is 0 Å². The lowest BCUT2D eigenvalue weighted by Gasteiger charge is -2.22. The fraction of sp³-hybridized carbons (Fsp3) is 0.562. The Labute approximate surface area is 127 Å². The van der Waals surface area contributed by atoms with Crippen LogP contribution < -0.4 is 5.32 Å². The molecule has 1 aromatic rings. The molecule has 0 bridgehead atoms. The van der Waals surface area contributed by atoms with Gasteiger partial charge in [0.25, 0.3) is 0 Å². The number of halogens is 1. The van der Waals surface area contributed by atoms with Crippen LogP contribution in [0.2, 0.25) is 0 Å². The Morgan fingerprint density at radius 1 is 1.43 bits per heavy atom. The van der Waals surface area contributed by atoms with Crippen LogP contribution in [-0.2, 0) is 17.9 Å². The number of rotatable bonds is 7. The molecule has 0 amide bonds. The number of unbranched alkanes of at least 4 members (excludes halogenated alkanes) is 1. The third-order valence-corrected chi connectivity index (χ3v) is 3.28. The Morgan fingerprint density at radius 2 is 2.19 bits per heavy atom. The number of ether oxygens (including phenoxy) is 1. The number of aliphatic imine (C=N–C) groups is 1. The molecule has 0 aromatic heterocycles. The van der Waals surface area contributed by atoms with Gasteiger partial charge in [0.1, 0.15) is 5.82 Å². The Bertz CT molecular complexity index is 463. The lowest BCUT2D eigenvalue weighted by atomic mass is 10.1. The average molecular weight is 295 g/mol. The van der Waals surface area contributed by atoms with E-state index in [9.17, 15) is 4.39 Å². The number of benzene rings is 1. The van der Waals surface area contributed by atoms with Crippen LogP contribution in [0, 0.1) is 5.82 Å². The highest BCUT2D eigenvalue weighted by atomic mass is 19.1. The van der Waals surface area contributed by atoms with Crippen molar-refractivity contribution in [3.63, 3.8) is 0 Å². The minimum Gasteiger partial charge on any atom is -0.380 e. The van der Waals surface area contributed by atoms with Gasteiger partial charge < -0.3 is 15.0 Å². The molecule has 0 spiro atoms. The summed E-state index contributed by atoms with van der Waals surface area (Å²) in [5.41, 5.74) is 1.58. The maximum absolute atomic E-state index is 13.6. The van der Waals surface area contributed by atoms with Crippen molar-refractivity contribution in [2.45, 2.75) is 32.9 Å². The van der Waals surface area contributed by atoms with E-state index in [2.05, 4.69) is 22.1 Å². The van der Waals surface area contributed by atoms with Gasteiger partial charge in [0, 0.05) is 39.9 Å². The molecule has 1 aromatic carbocycles. The molecule has 0 fully saturated rings. The molecule has 0 saturated carbocycles. The summed E-state index contributed by atoms with van der Waals surface area (Å²) >= 11 is 0. The first-order valence-electron chi connectivity index (χ1n) is 7.30. The molecule has 0 radical (unpaired) electrons. The van der Waals surface area contributed by atoms with Crippen molar-refractivity contribution in [3.05, 3.63) is 35.1 Å². The zero-order valence-corrected chi connectivity index (χ0v) is 13.4. The molecule has 4 nitrogen and oxygen atoms in total. The van der Waals surface area contributed by atoms with Crippen LogP contribution >= 0.6 is 0 Å². The summed E-state index contributed by atoms with van der Waals surface area (Å²) in [5, 5.41) is 3.30. The number of nitrogens with zero attached hydrogens (tertiary/aromatic N) is 2. The molecule has 0 aliphatic carbocycles. The molecule has 0 unspecified atom stereocenters. The Kier molecular flexibility index (Phi) is 7.75. The quantitative estimate of drug-likeness (QED) is 0.621. The lowest BCUT2D eigenvalue weighted by Crippen LogP contribution is -2.38. The van der Waals surface area contributed by atoms with Gasteiger partial charge in [0.05, 0.1) is 6.61 Å². The number of hydrogen-bond donors (Lipinski definition) is 1. The largest absolute Gasteiger partial charge is 0.380 e. The number of nitrogens with one attached hydrogen (secondary N) is 1. The summed E-state index contributed by atoms with van der Waals surface area (Å²) in [5.74, 6) is 0.617. The van der Waals surface area contributed by atoms with E-state index in [4.69, 9.17) is 4.74 Å². The predicted molar refractivity (Wildman–Crippen MR) is 84.8 cm³/mol. The topological polar surface area (TPSA) is 36.9 Å². The summed E-state index contributed by atoms with van der Waals surface area (Å²) in [6, 6.07) is 5.08. The predicted octanol–water partition coefficient (Wildman–Crippen LogP) is 2.78. The van der Waals surface area contributed by atoms with E-state index in [0.717, 1.165) is 30.9 Å². The van der Waals surface area contributed by atoms with Gasteiger partial charge in [-0.05, 0) is 24.1 Å². The van der Waals surface area contributed by atoms with Gasteiger partial charge in [-0.2, -0.15) is 0 Å². The number of methoxy groups -OCH3 is 1. The van der Waals surface area contributed by atoms with Crippen LogP contribution in [0.3, 0.4) is 0 Å². The minimum atomic E-state index is -0.231. The molecule has 1 rings (SSSR count). The van der Waals surface area contributed by atoms with Crippen molar-refractivity contribution in [1.29, 1.82) is 0 Å². The van der Waals surface area contributed by atoms with Crippen molar-refractivity contribution >= 4 is 5.96 Å². The smallest absolute Gasteiger partial charge is 0.193 e. The van der Waals surface area contributed by atoms with Gasteiger partial charge in [0.2, 0.25) is 0 Å². The molecule has 0 heterocycles. The Hall–Kier alpha value is -1.62. The molecular weight excluding hydrogens is 269 g/mol. The van der Waals surface area contributed by atoms with Crippen molar-refractivity contribution in [3.8, 4) is 0 Å². The molecule has 0 aliphatic rings. The van der Waals surface area contributed by atoms with Gasteiger partial charge in [0.15, 0.2) is 5.96 Å². The fourth-order valence-electron chi connectivity index (χ4n) is 2.07. The zero-order chi connectivity index (χ0) is 15.7. The van der Waals surface area contributed by atoms with E-state index in [-0.39, 0.29) is 12.4 Å². The number of hydrogen-bond acceptors (Lipinski definition) is 2. The lowest BCUT2D eigenvalue weighted by molar-refractivity contribution is 0.181. The van der Waals surface area contributed by atoms with Gasteiger partial charge in [-0.3, -0.25) is 4.99 Å². The van der Waals surface area contributed by atoms with E-state index in [1.54, 1.807) is 20.2 Å². The molecule has 118 valence electrons. The van der Waals surface area contributed by atoms with Crippen LogP contribution in [0.4, 0.5) is 4.39 Å². The Balaban J connectivity index is 2.62. The molecule has 21 heavy (non-hydrogen) atoms. The van der Waals surface area contributed by atoms with E-state index in [1.807, 2.05) is 13.1 Å². The van der Waals surface area contributed by atoms with Gasteiger partial charge in [-0.15, -0.1) is 0 Å². The minimum absolute atomic E-state index is 0.231. The molecule has 0 saturated heterocycles. The normalized spacial score (nSPS) is 11.6. The average Bonchev–Trinajstić information content (AvgIpc) is 2.49. The maximum atomic E-state index is 13.6. The first-order chi connectivity index (χ1) is 10.1. The zero-order valence-electron chi connectivity index (χ0n) is 13.4. The number of guanidine groups is 1. The fourth-order valence-corrected chi connectivity index (χ4v) is 2.07. The second-order valence-electron chi connectivity index (χ2n) is 5.03. The SMILES string of the molecule is CCCCN(C)C(=NC)NCc1ccc(F)c(COC)c1. The van der Waals surface area contributed by atoms with Gasteiger partial charge in [-0.25, -0.2) is 4.39 Å². The van der Waals surface area contributed by atoms with Crippen molar-refractivity contribution in [1.82, 2.24) is 10.2 Å². The molecular formula is C16H26FN3O. The highest BCUT2D eigenvalue weighted by molar-refractivity contribution is 5.79. The third kappa shape index (κ3) is 5.71. The molecule has 0 aliphatic heterocycles. The summed E-state index contributed by atoms with van der Waals surface area (Å²) in [6.45, 7) is 4.03. The van der Waals surface area contributed by atoms with Crippen molar-refractivity contribution in [2.75, 3.05) is 27.7 Å². The first kappa shape index (κ1) is 17.4. The van der Waals surface area contributed by atoms with Gasteiger partial charge >= 0.3 is 0 Å². The standard InChI is InChI=1S/C16H26FN3O/c1-5-6-9-20(3)16(18-2)19-11-13-7-8-15(17)14(10-13)12-21-4/h7-8,10H,5-6,9,11-12H2,1-4H3,(H,18,19). The molecule has 0 atom stereocenters. The van der Waals surface area contributed by atoms with E-state index in [0.29, 0.717) is 12.1 Å². The molecule has 1 N–H and O–H groups in total.